The summed E-state index contributed by atoms with van der Waals surface area (Å²) < 4.78 is 0. The zero-order chi connectivity index (χ0) is 31.6. The highest BCUT2D eigenvalue weighted by atomic mass is 15.0. The highest BCUT2D eigenvalue weighted by Crippen LogP contribution is 2.35. The SMILES string of the molecule is Cc1ncccc1-c1ccc(-c2cc(-c3ccc4ccccc4c3)cc(-c3nc(-c4ccccc4)nc(-c4ccccc4)n3)c2)cc1. The maximum absolute atomic E-state index is 5.05. The number of hydrogen-bond donors (Lipinski definition) is 0. The van der Waals surface area contributed by atoms with E-state index in [-0.39, 0.29) is 0 Å². The van der Waals surface area contributed by atoms with Crippen LogP contribution in [0.3, 0.4) is 0 Å². The zero-order valence-corrected chi connectivity index (χ0v) is 25.9. The molecular formula is C43H30N4. The first-order chi connectivity index (χ1) is 23.2. The van der Waals surface area contributed by atoms with Crippen LogP contribution in [0.25, 0.3) is 78.3 Å². The highest BCUT2D eigenvalue weighted by molar-refractivity contribution is 5.89. The molecule has 0 N–H and O–H groups in total. The summed E-state index contributed by atoms with van der Waals surface area (Å²) >= 11 is 0. The molecule has 0 saturated heterocycles. The van der Waals surface area contributed by atoms with Gasteiger partial charge >= 0.3 is 0 Å². The van der Waals surface area contributed by atoms with Crippen molar-refractivity contribution >= 4 is 10.8 Å². The average Bonchev–Trinajstić information content (AvgIpc) is 3.15. The minimum Gasteiger partial charge on any atom is -0.261 e. The Bertz CT molecular complexity index is 2290. The van der Waals surface area contributed by atoms with Gasteiger partial charge in [-0.1, -0.05) is 127 Å². The summed E-state index contributed by atoms with van der Waals surface area (Å²) in [5.41, 5.74) is 10.5. The Morgan fingerprint density at radius 2 is 0.851 bits per heavy atom. The number of aromatic nitrogens is 4. The maximum atomic E-state index is 5.05. The van der Waals surface area contributed by atoms with Gasteiger partial charge in [0.25, 0.3) is 0 Å². The zero-order valence-electron chi connectivity index (χ0n) is 25.9. The molecule has 0 fully saturated rings. The average molecular weight is 603 g/mol. The van der Waals surface area contributed by atoms with Crippen LogP contribution >= 0.6 is 0 Å². The van der Waals surface area contributed by atoms with Crippen molar-refractivity contribution in [1.29, 1.82) is 0 Å². The summed E-state index contributed by atoms with van der Waals surface area (Å²) in [4.78, 5) is 19.5. The van der Waals surface area contributed by atoms with E-state index in [1.165, 1.54) is 10.8 Å². The summed E-state index contributed by atoms with van der Waals surface area (Å²) in [6, 6.07) is 54.8. The van der Waals surface area contributed by atoms with Crippen LogP contribution in [0.1, 0.15) is 5.69 Å². The van der Waals surface area contributed by atoms with E-state index in [1.807, 2.05) is 79.9 Å². The topological polar surface area (TPSA) is 51.6 Å². The Balaban J connectivity index is 1.31. The van der Waals surface area contributed by atoms with Crippen molar-refractivity contribution in [3.63, 3.8) is 0 Å². The largest absolute Gasteiger partial charge is 0.261 e. The number of pyridine rings is 1. The molecule has 2 aromatic heterocycles. The summed E-state index contributed by atoms with van der Waals surface area (Å²) in [6.07, 6.45) is 1.83. The Morgan fingerprint density at radius 3 is 1.49 bits per heavy atom. The number of hydrogen-bond acceptors (Lipinski definition) is 4. The van der Waals surface area contributed by atoms with Crippen molar-refractivity contribution in [2.75, 3.05) is 0 Å². The van der Waals surface area contributed by atoms with Crippen LogP contribution in [0.4, 0.5) is 0 Å². The van der Waals surface area contributed by atoms with Gasteiger partial charge in [0.1, 0.15) is 0 Å². The molecular weight excluding hydrogens is 573 g/mol. The maximum Gasteiger partial charge on any atom is 0.164 e. The summed E-state index contributed by atoms with van der Waals surface area (Å²) in [6.45, 7) is 2.05. The molecule has 8 rings (SSSR count). The molecule has 0 unspecified atom stereocenters. The summed E-state index contributed by atoms with van der Waals surface area (Å²) in [5.74, 6) is 1.91. The Kier molecular flexibility index (Phi) is 7.37. The molecule has 4 nitrogen and oxygen atoms in total. The van der Waals surface area contributed by atoms with Crippen LogP contribution in [0.15, 0.2) is 164 Å². The minimum atomic E-state index is 0.629. The number of fused-ring (bicyclic) bond motifs is 1. The van der Waals surface area contributed by atoms with Gasteiger partial charge in [-0.05, 0) is 75.8 Å². The van der Waals surface area contributed by atoms with Gasteiger partial charge in [-0.2, -0.15) is 0 Å². The normalized spacial score (nSPS) is 11.1. The molecule has 4 heteroatoms. The van der Waals surface area contributed by atoms with E-state index in [4.69, 9.17) is 15.0 Å². The molecule has 222 valence electrons. The first kappa shape index (κ1) is 28.2. The van der Waals surface area contributed by atoms with E-state index in [0.717, 1.165) is 55.8 Å². The van der Waals surface area contributed by atoms with Gasteiger partial charge in [-0.25, -0.2) is 15.0 Å². The van der Waals surface area contributed by atoms with Crippen molar-refractivity contribution in [1.82, 2.24) is 19.9 Å². The molecule has 0 radical (unpaired) electrons. The van der Waals surface area contributed by atoms with Crippen LogP contribution in [0.2, 0.25) is 0 Å². The fraction of sp³-hybridized carbons (Fsp3) is 0.0233. The fourth-order valence-corrected chi connectivity index (χ4v) is 6.03. The predicted molar refractivity (Wildman–Crippen MR) is 192 cm³/mol. The van der Waals surface area contributed by atoms with Crippen molar-refractivity contribution in [3.05, 3.63) is 170 Å². The van der Waals surface area contributed by atoms with E-state index in [0.29, 0.717) is 17.5 Å². The third kappa shape index (κ3) is 5.81. The molecule has 2 heterocycles. The number of rotatable bonds is 6. The van der Waals surface area contributed by atoms with Gasteiger partial charge in [-0.15, -0.1) is 0 Å². The molecule has 0 aliphatic heterocycles. The lowest BCUT2D eigenvalue weighted by Gasteiger charge is -2.13. The monoisotopic (exact) mass is 602 g/mol. The molecule has 6 aromatic carbocycles. The molecule has 0 aliphatic rings. The van der Waals surface area contributed by atoms with Crippen molar-refractivity contribution in [2.45, 2.75) is 6.92 Å². The molecule has 0 aliphatic carbocycles. The van der Waals surface area contributed by atoms with Crippen molar-refractivity contribution < 1.29 is 0 Å². The molecule has 8 aromatic rings. The third-order valence-electron chi connectivity index (χ3n) is 8.51. The predicted octanol–water partition coefficient (Wildman–Crippen LogP) is 10.7. The first-order valence-corrected chi connectivity index (χ1v) is 15.7. The van der Waals surface area contributed by atoms with E-state index in [1.54, 1.807) is 0 Å². The summed E-state index contributed by atoms with van der Waals surface area (Å²) in [5, 5.41) is 2.41. The van der Waals surface area contributed by atoms with Gasteiger partial charge in [0.05, 0.1) is 0 Å². The lowest BCUT2D eigenvalue weighted by atomic mass is 9.93. The van der Waals surface area contributed by atoms with Crippen LogP contribution < -0.4 is 0 Å². The third-order valence-corrected chi connectivity index (χ3v) is 8.51. The molecule has 0 atom stereocenters. The molecule has 0 amide bonds. The Labute approximate surface area is 274 Å². The van der Waals surface area contributed by atoms with E-state index >= 15 is 0 Å². The molecule has 47 heavy (non-hydrogen) atoms. The van der Waals surface area contributed by atoms with Gasteiger partial charge < -0.3 is 0 Å². The lowest BCUT2D eigenvalue weighted by Crippen LogP contribution is -2.00. The van der Waals surface area contributed by atoms with E-state index < -0.39 is 0 Å². The van der Waals surface area contributed by atoms with Crippen LogP contribution in [-0.4, -0.2) is 19.9 Å². The lowest BCUT2D eigenvalue weighted by molar-refractivity contribution is 1.07. The number of aryl methyl sites for hydroxylation is 1. The molecule has 0 spiro atoms. The Morgan fingerprint density at radius 1 is 0.340 bits per heavy atom. The highest BCUT2D eigenvalue weighted by Gasteiger charge is 2.15. The molecule has 0 saturated carbocycles. The smallest absolute Gasteiger partial charge is 0.164 e. The van der Waals surface area contributed by atoms with Gasteiger partial charge in [0.2, 0.25) is 0 Å². The van der Waals surface area contributed by atoms with E-state index in [9.17, 15) is 0 Å². The van der Waals surface area contributed by atoms with Gasteiger partial charge in [-0.3, -0.25) is 4.98 Å². The Hall–Kier alpha value is -6.26. The molecule has 0 bridgehead atoms. The van der Waals surface area contributed by atoms with Crippen molar-refractivity contribution in [3.8, 4) is 67.5 Å². The second-order valence-corrected chi connectivity index (χ2v) is 11.6. The van der Waals surface area contributed by atoms with Crippen LogP contribution in [-0.2, 0) is 0 Å². The standard InChI is InChI=1S/C43H30N4/c1-29-40(17-10-24-44-29)32-21-18-31(19-22-32)37-26-38(36-23-20-30-11-8-9-16-35(30)25-36)28-39(27-37)43-46-41(33-12-4-2-5-13-33)45-42(47-43)34-14-6-3-7-15-34/h2-28H,1H3. The van der Waals surface area contributed by atoms with E-state index in [2.05, 4.69) is 96.0 Å². The van der Waals surface area contributed by atoms with Gasteiger partial charge in [0, 0.05) is 34.1 Å². The fourth-order valence-electron chi connectivity index (χ4n) is 6.03. The summed E-state index contributed by atoms with van der Waals surface area (Å²) in [7, 11) is 0. The number of nitrogens with zero attached hydrogens (tertiary/aromatic N) is 4. The van der Waals surface area contributed by atoms with Crippen molar-refractivity contribution in [2.24, 2.45) is 0 Å². The quantitative estimate of drug-likeness (QED) is 0.190. The van der Waals surface area contributed by atoms with Crippen LogP contribution in [0, 0.1) is 6.92 Å². The first-order valence-electron chi connectivity index (χ1n) is 15.7. The second-order valence-electron chi connectivity index (χ2n) is 11.6. The number of benzene rings is 6. The van der Waals surface area contributed by atoms with Crippen LogP contribution in [0.5, 0.6) is 0 Å². The minimum absolute atomic E-state index is 0.629. The van der Waals surface area contributed by atoms with Gasteiger partial charge in [0.15, 0.2) is 17.5 Å². The second kappa shape index (κ2) is 12.3.